The molecular weight excluding hydrogens is 336 g/mol. The van der Waals surface area contributed by atoms with Gasteiger partial charge in [-0.2, -0.15) is 0 Å². The van der Waals surface area contributed by atoms with Crippen LogP contribution in [0, 0.1) is 17.8 Å². The maximum absolute atomic E-state index is 13.6. The summed E-state index contributed by atoms with van der Waals surface area (Å²) in [6.45, 7) is 9.17. The van der Waals surface area contributed by atoms with Crippen LogP contribution in [0.4, 0.5) is 0 Å². The third-order valence-corrected chi connectivity index (χ3v) is 6.91. The van der Waals surface area contributed by atoms with Gasteiger partial charge in [0.15, 0.2) is 0 Å². The number of benzene rings is 1. The molecule has 4 heteroatoms. The number of hydrogen-bond acceptors (Lipinski definition) is 3. The molecule has 2 atom stereocenters. The average molecular weight is 371 g/mol. The Morgan fingerprint density at radius 3 is 2.30 bits per heavy atom. The van der Waals surface area contributed by atoms with Crippen molar-refractivity contribution < 1.29 is 9.53 Å². The second kappa shape index (κ2) is 7.83. The minimum atomic E-state index is -0.283. The predicted molar refractivity (Wildman–Crippen MR) is 108 cm³/mol. The van der Waals surface area contributed by atoms with E-state index in [0.717, 1.165) is 82.5 Å². The summed E-state index contributed by atoms with van der Waals surface area (Å²) in [7, 11) is 0. The Hall–Kier alpha value is -1.55. The molecule has 1 saturated carbocycles. The summed E-state index contributed by atoms with van der Waals surface area (Å²) in [5.41, 5.74) is 0.899. The van der Waals surface area contributed by atoms with Crippen molar-refractivity contribution in [2.24, 2.45) is 17.8 Å². The quantitative estimate of drug-likeness (QED) is 0.861. The number of rotatable bonds is 5. The van der Waals surface area contributed by atoms with Crippen LogP contribution in [-0.2, 0) is 10.2 Å². The van der Waals surface area contributed by atoms with Crippen molar-refractivity contribution in [3.63, 3.8) is 0 Å². The van der Waals surface area contributed by atoms with Gasteiger partial charge in [-0.05, 0) is 74.2 Å². The normalized spacial score (nSPS) is 27.0. The Morgan fingerprint density at radius 1 is 1.15 bits per heavy atom. The standard InChI is InChI=1S/C23H34N2O2/c1-17(2)16-27-21-6-4-20(5-7-21)23(10-3-11-23)22(26)25-12-8-18-14-24-15-19(18)9-13-25/h4-7,17-19,24H,3,8-16H2,1-2H3/t18-,19+. The van der Waals surface area contributed by atoms with Crippen molar-refractivity contribution >= 4 is 5.91 Å². The van der Waals surface area contributed by atoms with E-state index < -0.39 is 0 Å². The van der Waals surface area contributed by atoms with Crippen molar-refractivity contribution in [3.8, 4) is 5.75 Å². The van der Waals surface area contributed by atoms with Crippen molar-refractivity contribution in [1.82, 2.24) is 10.2 Å². The van der Waals surface area contributed by atoms with Gasteiger partial charge in [0.05, 0.1) is 12.0 Å². The number of amides is 1. The molecule has 1 aromatic rings. The Kier molecular flexibility index (Phi) is 5.45. The van der Waals surface area contributed by atoms with Gasteiger partial charge in [0.1, 0.15) is 5.75 Å². The lowest BCUT2D eigenvalue weighted by molar-refractivity contribution is -0.141. The van der Waals surface area contributed by atoms with E-state index in [9.17, 15) is 4.79 Å². The molecule has 1 aromatic carbocycles. The van der Waals surface area contributed by atoms with E-state index in [1.54, 1.807) is 0 Å². The summed E-state index contributed by atoms with van der Waals surface area (Å²) in [5.74, 6) is 3.32. The van der Waals surface area contributed by atoms with Gasteiger partial charge in [-0.25, -0.2) is 0 Å². The summed E-state index contributed by atoms with van der Waals surface area (Å²) in [5, 5.41) is 3.52. The Bertz CT molecular complexity index is 637. The number of hydrogen-bond donors (Lipinski definition) is 1. The molecule has 0 spiro atoms. The maximum atomic E-state index is 13.6. The Morgan fingerprint density at radius 2 is 1.78 bits per heavy atom. The van der Waals surface area contributed by atoms with Crippen molar-refractivity contribution in [2.75, 3.05) is 32.8 Å². The van der Waals surface area contributed by atoms with Crippen LogP contribution in [0.3, 0.4) is 0 Å². The smallest absolute Gasteiger partial charge is 0.233 e. The van der Waals surface area contributed by atoms with Gasteiger partial charge in [0, 0.05) is 13.1 Å². The largest absolute Gasteiger partial charge is 0.493 e. The lowest BCUT2D eigenvalue weighted by Crippen LogP contribution is -2.51. The van der Waals surface area contributed by atoms with Gasteiger partial charge in [-0.3, -0.25) is 4.79 Å². The third kappa shape index (κ3) is 3.73. The highest BCUT2D eigenvalue weighted by molar-refractivity contribution is 5.89. The van der Waals surface area contributed by atoms with Crippen LogP contribution in [0.2, 0.25) is 0 Å². The zero-order valence-corrected chi connectivity index (χ0v) is 16.9. The molecule has 1 amide bonds. The van der Waals surface area contributed by atoms with Crippen LogP contribution in [0.5, 0.6) is 5.75 Å². The van der Waals surface area contributed by atoms with Crippen LogP contribution >= 0.6 is 0 Å². The van der Waals surface area contributed by atoms with Gasteiger partial charge < -0.3 is 15.0 Å². The van der Waals surface area contributed by atoms with Gasteiger partial charge in [0.2, 0.25) is 5.91 Å². The van der Waals surface area contributed by atoms with Gasteiger partial charge in [-0.1, -0.05) is 32.4 Å². The van der Waals surface area contributed by atoms with E-state index in [1.165, 1.54) is 5.56 Å². The first-order chi connectivity index (χ1) is 13.1. The highest BCUT2D eigenvalue weighted by Crippen LogP contribution is 2.46. The van der Waals surface area contributed by atoms with Gasteiger partial charge in [-0.15, -0.1) is 0 Å². The van der Waals surface area contributed by atoms with E-state index in [1.807, 2.05) is 12.1 Å². The molecule has 1 aliphatic carbocycles. The van der Waals surface area contributed by atoms with Gasteiger partial charge in [0.25, 0.3) is 0 Å². The minimum Gasteiger partial charge on any atom is -0.493 e. The van der Waals surface area contributed by atoms with E-state index >= 15 is 0 Å². The number of ether oxygens (including phenoxy) is 1. The fourth-order valence-electron chi connectivity index (χ4n) is 5.01. The molecule has 4 nitrogen and oxygen atoms in total. The molecule has 3 fully saturated rings. The fourth-order valence-corrected chi connectivity index (χ4v) is 5.01. The molecule has 2 heterocycles. The molecule has 0 unspecified atom stereocenters. The van der Waals surface area contributed by atoms with Crippen molar-refractivity contribution in [2.45, 2.75) is 51.4 Å². The number of likely N-dealkylation sites (tertiary alicyclic amines) is 1. The first-order valence-electron chi connectivity index (χ1n) is 10.8. The molecule has 148 valence electrons. The average Bonchev–Trinajstić information content (AvgIpc) is 2.98. The lowest BCUT2D eigenvalue weighted by atomic mass is 9.63. The first kappa shape index (κ1) is 18.8. The number of carbonyl (C=O) groups is 1. The van der Waals surface area contributed by atoms with Gasteiger partial charge >= 0.3 is 0 Å². The second-order valence-corrected chi connectivity index (χ2v) is 9.21. The lowest BCUT2D eigenvalue weighted by Gasteiger charge is -2.44. The van der Waals surface area contributed by atoms with E-state index in [0.29, 0.717) is 11.8 Å². The van der Waals surface area contributed by atoms with Crippen LogP contribution in [0.15, 0.2) is 24.3 Å². The molecule has 1 N–H and O–H groups in total. The summed E-state index contributed by atoms with van der Waals surface area (Å²) < 4.78 is 5.82. The maximum Gasteiger partial charge on any atom is 0.233 e. The number of carbonyl (C=O) groups excluding carboxylic acids is 1. The number of fused-ring (bicyclic) bond motifs is 1. The summed E-state index contributed by atoms with van der Waals surface area (Å²) >= 11 is 0. The van der Waals surface area contributed by atoms with Crippen LogP contribution < -0.4 is 10.1 Å². The monoisotopic (exact) mass is 370 g/mol. The molecule has 27 heavy (non-hydrogen) atoms. The zero-order valence-electron chi connectivity index (χ0n) is 16.9. The molecular formula is C23H34N2O2. The summed E-state index contributed by atoms with van der Waals surface area (Å²) in [4.78, 5) is 15.7. The molecule has 0 aromatic heterocycles. The van der Waals surface area contributed by atoms with Crippen LogP contribution in [0.25, 0.3) is 0 Å². The van der Waals surface area contributed by atoms with Crippen molar-refractivity contribution in [1.29, 1.82) is 0 Å². The minimum absolute atomic E-state index is 0.283. The molecule has 0 radical (unpaired) electrons. The second-order valence-electron chi connectivity index (χ2n) is 9.21. The Labute approximate surface area is 163 Å². The van der Waals surface area contributed by atoms with Crippen molar-refractivity contribution in [3.05, 3.63) is 29.8 Å². The highest BCUT2D eigenvalue weighted by Gasteiger charge is 2.48. The highest BCUT2D eigenvalue weighted by atomic mass is 16.5. The third-order valence-electron chi connectivity index (χ3n) is 6.91. The Balaban J connectivity index is 1.46. The van der Waals surface area contributed by atoms with E-state index in [4.69, 9.17) is 4.74 Å². The first-order valence-corrected chi connectivity index (χ1v) is 10.8. The van der Waals surface area contributed by atoms with Crippen LogP contribution in [-0.4, -0.2) is 43.6 Å². The number of nitrogens with one attached hydrogen (secondary N) is 1. The summed E-state index contributed by atoms with van der Waals surface area (Å²) in [6, 6.07) is 8.35. The summed E-state index contributed by atoms with van der Waals surface area (Å²) in [6.07, 6.45) is 5.44. The molecule has 4 rings (SSSR count). The molecule has 0 bridgehead atoms. The predicted octanol–water partition coefficient (Wildman–Crippen LogP) is 3.60. The number of nitrogens with zero attached hydrogens (tertiary/aromatic N) is 1. The fraction of sp³-hybridized carbons (Fsp3) is 0.696. The molecule has 2 aliphatic heterocycles. The molecule has 2 saturated heterocycles. The topological polar surface area (TPSA) is 41.6 Å². The van der Waals surface area contributed by atoms with E-state index in [-0.39, 0.29) is 5.41 Å². The van der Waals surface area contributed by atoms with Crippen LogP contribution in [0.1, 0.15) is 51.5 Å². The zero-order chi connectivity index (χ0) is 18.9. The SMILES string of the molecule is CC(C)COc1ccc(C2(C(=O)N3CC[C@@H]4CNC[C@@H]4CC3)CCC2)cc1. The van der Waals surface area contributed by atoms with E-state index in [2.05, 4.69) is 36.2 Å². The molecule has 3 aliphatic rings.